The third kappa shape index (κ3) is 4.32. The van der Waals surface area contributed by atoms with Crippen LogP contribution in [0.25, 0.3) is 0 Å². The molecule has 0 fully saturated rings. The van der Waals surface area contributed by atoms with Crippen LogP contribution in [0.15, 0.2) is 12.1 Å². The van der Waals surface area contributed by atoms with Crippen molar-refractivity contribution in [1.29, 1.82) is 0 Å². The van der Waals surface area contributed by atoms with Crippen LogP contribution < -0.4 is 0 Å². The molecule has 0 bridgehead atoms. The maximum Gasteiger partial charge on any atom is 0.334 e. The van der Waals surface area contributed by atoms with Gasteiger partial charge in [0.1, 0.15) is 0 Å². The van der Waals surface area contributed by atoms with Gasteiger partial charge in [0.25, 0.3) is 0 Å². The first-order valence-corrected chi connectivity index (χ1v) is 9.63. The Hall–Kier alpha value is -0.880. The van der Waals surface area contributed by atoms with E-state index in [0.717, 1.165) is 0 Å². The predicted octanol–water partition coefficient (Wildman–Crippen LogP) is 3.07. The van der Waals surface area contributed by atoms with E-state index in [0.29, 0.717) is 0 Å². The quantitative estimate of drug-likeness (QED) is 0.541. The lowest BCUT2D eigenvalue weighted by Crippen LogP contribution is -1.97. The summed E-state index contributed by atoms with van der Waals surface area (Å²) in [5.41, 5.74) is 0.357. The molecular weight excluding hydrogens is 334 g/mol. The topological polar surface area (TPSA) is 112 Å². The van der Waals surface area contributed by atoms with Crippen LogP contribution in [0.1, 0.15) is 11.1 Å². The van der Waals surface area contributed by atoms with E-state index in [1.54, 1.807) is 0 Å². The van der Waals surface area contributed by atoms with Gasteiger partial charge in [-0.15, -0.1) is 0 Å². The van der Waals surface area contributed by atoms with Crippen LogP contribution in [0, 0.1) is 0 Å². The van der Waals surface area contributed by atoms with Crippen LogP contribution >= 0.6 is 15.2 Å². The SMILES string of the molecule is COP(=O)(Cc1ccc(CP(=O)(OC)OC)c(O)c1O)OC. The lowest BCUT2D eigenvalue weighted by atomic mass is 10.1. The zero-order valence-corrected chi connectivity index (χ0v) is 14.6. The molecule has 0 aliphatic rings. The van der Waals surface area contributed by atoms with Crippen molar-refractivity contribution in [2.24, 2.45) is 0 Å². The Balaban J connectivity index is 3.13. The van der Waals surface area contributed by atoms with Crippen LogP contribution in [0.2, 0.25) is 0 Å². The highest BCUT2D eigenvalue weighted by Gasteiger charge is 2.28. The van der Waals surface area contributed by atoms with E-state index in [1.807, 2.05) is 0 Å². The van der Waals surface area contributed by atoms with Crippen molar-refractivity contribution in [1.82, 2.24) is 0 Å². The summed E-state index contributed by atoms with van der Waals surface area (Å²) >= 11 is 0. The highest BCUT2D eigenvalue weighted by molar-refractivity contribution is 7.53. The van der Waals surface area contributed by atoms with E-state index in [-0.39, 0.29) is 23.5 Å². The van der Waals surface area contributed by atoms with Crippen LogP contribution in [0.3, 0.4) is 0 Å². The van der Waals surface area contributed by atoms with Crippen molar-refractivity contribution in [3.05, 3.63) is 23.3 Å². The molecule has 0 radical (unpaired) electrons. The minimum absolute atomic E-state index is 0.179. The smallest absolute Gasteiger partial charge is 0.334 e. The summed E-state index contributed by atoms with van der Waals surface area (Å²) in [5.74, 6) is -0.962. The summed E-state index contributed by atoms with van der Waals surface area (Å²) in [7, 11) is -1.88. The molecule has 1 aromatic rings. The van der Waals surface area contributed by atoms with E-state index in [2.05, 4.69) is 0 Å². The van der Waals surface area contributed by atoms with Crippen molar-refractivity contribution >= 4 is 15.2 Å². The fourth-order valence-electron chi connectivity index (χ4n) is 1.74. The molecule has 0 saturated carbocycles. The Morgan fingerprint density at radius 3 is 1.27 bits per heavy atom. The van der Waals surface area contributed by atoms with Crippen molar-refractivity contribution in [3.63, 3.8) is 0 Å². The number of phenols is 2. The second kappa shape index (κ2) is 7.59. The monoisotopic (exact) mass is 354 g/mol. The van der Waals surface area contributed by atoms with Crippen molar-refractivity contribution in [3.8, 4) is 11.5 Å². The third-order valence-electron chi connectivity index (χ3n) is 3.16. The number of rotatable bonds is 8. The number of aromatic hydroxyl groups is 2. The van der Waals surface area contributed by atoms with Gasteiger partial charge in [0.15, 0.2) is 11.5 Å². The molecule has 0 saturated heterocycles. The summed E-state index contributed by atoms with van der Waals surface area (Å²) in [6.45, 7) is 0. The van der Waals surface area contributed by atoms with Gasteiger partial charge in [-0.3, -0.25) is 9.13 Å². The molecule has 0 spiro atoms. The molecule has 8 nitrogen and oxygen atoms in total. The van der Waals surface area contributed by atoms with Gasteiger partial charge in [0, 0.05) is 39.6 Å². The summed E-state index contributed by atoms with van der Waals surface area (Å²) in [6.07, 6.45) is -0.433. The number of hydrogen-bond acceptors (Lipinski definition) is 8. The standard InChI is InChI=1S/C12H20O8P2/c1-17-21(15,18-2)7-9-5-6-10(12(14)11(9)13)8-22(16,19-3)20-4/h5-6,13-14H,7-8H2,1-4H3. The maximum atomic E-state index is 12.1. The van der Waals surface area contributed by atoms with Gasteiger partial charge in [0.05, 0.1) is 12.3 Å². The second-order valence-corrected chi connectivity index (χ2v) is 8.89. The van der Waals surface area contributed by atoms with Gasteiger partial charge < -0.3 is 28.3 Å². The lowest BCUT2D eigenvalue weighted by Gasteiger charge is -2.17. The lowest BCUT2D eigenvalue weighted by molar-refractivity contribution is 0.272. The van der Waals surface area contributed by atoms with Gasteiger partial charge in [-0.1, -0.05) is 12.1 Å². The average molecular weight is 354 g/mol. The molecule has 126 valence electrons. The largest absolute Gasteiger partial charge is 0.504 e. The third-order valence-corrected chi connectivity index (χ3v) is 6.84. The fourth-order valence-corrected chi connectivity index (χ4v) is 3.90. The van der Waals surface area contributed by atoms with Gasteiger partial charge in [-0.05, 0) is 0 Å². The highest BCUT2D eigenvalue weighted by atomic mass is 31.2. The molecular formula is C12H20O8P2. The Labute approximate surface area is 129 Å². The summed E-state index contributed by atoms with van der Waals surface area (Å²) in [4.78, 5) is 0. The Morgan fingerprint density at radius 1 is 0.773 bits per heavy atom. The Kier molecular flexibility index (Phi) is 6.62. The second-order valence-electron chi connectivity index (χ2n) is 4.35. The van der Waals surface area contributed by atoms with Crippen molar-refractivity contribution in [2.45, 2.75) is 12.3 Å². The molecule has 0 aliphatic heterocycles. The number of hydrogen-bond donors (Lipinski definition) is 2. The molecule has 0 aliphatic carbocycles. The van der Waals surface area contributed by atoms with Crippen LogP contribution in [-0.4, -0.2) is 38.7 Å². The molecule has 0 amide bonds. The van der Waals surface area contributed by atoms with Crippen LogP contribution in [0.5, 0.6) is 11.5 Å². The molecule has 0 aromatic heterocycles. The summed E-state index contributed by atoms with van der Waals surface area (Å²) in [5, 5.41) is 20.0. The molecule has 1 aromatic carbocycles. The summed E-state index contributed by atoms with van der Waals surface area (Å²) < 4.78 is 43.3. The van der Waals surface area contributed by atoms with Crippen LogP contribution in [-0.2, 0) is 39.5 Å². The first-order valence-electron chi connectivity index (χ1n) is 6.18. The fraction of sp³-hybridized carbons (Fsp3) is 0.500. The number of benzene rings is 1. The van der Waals surface area contributed by atoms with Gasteiger partial charge in [-0.2, -0.15) is 0 Å². The highest BCUT2D eigenvalue weighted by Crippen LogP contribution is 2.54. The first-order chi connectivity index (χ1) is 10.2. The van der Waals surface area contributed by atoms with E-state index in [9.17, 15) is 19.3 Å². The van der Waals surface area contributed by atoms with Crippen molar-refractivity contribution < 1.29 is 37.4 Å². The van der Waals surface area contributed by atoms with Gasteiger partial charge in [-0.25, -0.2) is 0 Å². The molecule has 22 heavy (non-hydrogen) atoms. The van der Waals surface area contributed by atoms with E-state index >= 15 is 0 Å². The number of phenolic OH excluding ortho intramolecular Hbond substituents is 2. The molecule has 0 atom stereocenters. The maximum absolute atomic E-state index is 12.1. The minimum Gasteiger partial charge on any atom is -0.504 e. The van der Waals surface area contributed by atoms with Gasteiger partial charge in [0.2, 0.25) is 0 Å². The van der Waals surface area contributed by atoms with E-state index < -0.39 is 26.7 Å². The molecule has 10 heteroatoms. The predicted molar refractivity (Wildman–Crippen MR) is 80.4 cm³/mol. The molecule has 0 heterocycles. The molecule has 2 N–H and O–H groups in total. The first kappa shape index (κ1) is 19.2. The van der Waals surface area contributed by atoms with Crippen molar-refractivity contribution in [2.75, 3.05) is 28.4 Å². The molecule has 0 unspecified atom stereocenters. The zero-order valence-electron chi connectivity index (χ0n) is 12.8. The Morgan fingerprint density at radius 2 is 1.05 bits per heavy atom. The average Bonchev–Trinajstić information content (AvgIpc) is 2.54. The normalized spacial score (nSPS) is 12.5. The zero-order chi connectivity index (χ0) is 17.0. The van der Waals surface area contributed by atoms with Crippen LogP contribution in [0.4, 0.5) is 0 Å². The minimum atomic E-state index is -3.39. The molecule has 1 rings (SSSR count). The Bertz CT molecular complexity index is 546. The summed E-state index contributed by atoms with van der Waals surface area (Å²) in [6, 6.07) is 2.87. The van der Waals surface area contributed by atoms with Gasteiger partial charge >= 0.3 is 15.2 Å². The van der Waals surface area contributed by atoms with E-state index in [1.165, 1.54) is 40.6 Å². The van der Waals surface area contributed by atoms with E-state index in [4.69, 9.17) is 18.1 Å².